The van der Waals surface area contributed by atoms with E-state index in [1.54, 1.807) is 18.2 Å². The molecule has 0 aliphatic rings. The first-order chi connectivity index (χ1) is 9.25. The average Bonchev–Trinajstić information content (AvgIpc) is 2.47. The van der Waals surface area contributed by atoms with Gasteiger partial charge in [-0.15, -0.1) is 0 Å². The number of nitrogens with two attached hydrogens (primary N) is 1. The number of benzene rings is 1. The maximum Gasteiger partial charge on any atom is 0.224 e. The van der Waals surface area contributed by atoms with E-state index < -0.39 is 0 Å². The number of anilines is 1. The Bertz CT molecular complexity index is 624. The van der Waals surface area contributed by atoms with Gasteiger partial charge in [0.1, 0.15) is 23.6 Å². The lowest BCUT2D eigenvalue weighted by Gasteiger charge is -2.08. The number of rotatable bonds is 4. The number of hydrogen-bond acceptors (Lipinski definition) is 7. The molecule has 0 radical (unpaired) electrons. The topological polar surface area (TPSA) is 106 Å². The summed E-state index contributed by atoms with van der Waals surface area (Å²) in [6.07, 6.45) is 1.32. The summed E-state index contributed by atoms with van der Waals surface area (Å²) in [5, 5.41) is 8.92. The Balaban J connectivity index is 2.29. The molecule has 3 N–H and O–H groups in total. The standard InChI is InChI=1S/C12H11N5O2/c1-18-9-2-8(6-13)3-10(4-9)19-12-5-11(17-14)15-7-16-12/h2-5,7H,14H2,1H3,(H,15,16,17). The highest BCUT2D eigenvalue weighted by atomic mass is 16.5. The van der Waals surface area contributed by atoms with Crippen molar-refractivity contribution < 1.29 is 9.47 Å². The molecule has 0 saturated heterocycles. The van der Waals surface area contributed by atoms with Gasteiger partial charge in [-0.1, -0.05) is 0 Å². The SMILES string of the molecule is COc1cc(C#N)cc(Oc2cc(NN)ncn2)c1. The Labute approximate surface area is 109 Å². The van der Waals surface area contributed by atoms with Crippen LogP contribution in [-0.2, 0) is 0 Å². The molecule has 1 aromatic heterocycles. The van der Waals surface area contributed by atoms with Gasteiger partial charge in [0.05, 0.1) is 18.7 Å². The number of nitrogen functional groups attached to an aromatic ring is 1. The summed E-state index contributed by atoms with van der Waals surface area (Å²) in [7, 11) is 1.52. The fraction of sp³-hybridized carbons (Fsp3) is 0.0833. The second kappa shape index (κ2) is 5.66. The van der Waals surface area contributed by atoms with Crippen LogP contribution in [0.4, 0.5) is 5.82 Å². The van der Waals surface area contributed by atoms with E-state index in [1.807, 2.05) is 6.07 Å². The van der Waals surface area contributed by atoms with Gasteiger partial charge >= 0.3 is 0 Å². The molecule has 1 aromatic carbocycles. The lowest BCUT2D eigenvalue weighted by Crippen LogP contribution is -2.08. The van der Waals surface area contributed by atoms with Gasteiger partial charge in [0.2, 0.25) is 5.88 Å². The van der Waals surface area contributed by atoms with Gasteiger partial charge in [-0.2, -0.15) is 5.26 Å². The van der Waals surface area contributed by atoms with E-state index in [4.69, 9.17) is 20.6 Å². The molecule has 7 nitrogen and oxygen atoms in total. The second-order valence-corrected chi connectivity index (χ2v) is 3.50. The molecule has 1 heterocycles. The fourth-order valence-corrected chi connectivity index (χ4v) is 1.41. The third-order valence-corrected chi connectivity index (χ3v) is 2.26. The number of ether oxygens (including phenoxy) is 2. The Kier molecular flexibility index (Phi) is 3.75. The van der Waals surface area contributed by atoms with E-state index in [0.717, 1.165) is 0 Å². The Morgan fingerprint density at radius 3 is 2.68 bits per heavy atom. The molecule has 19 heavy (non-hydrogen) atoms. The predicted molar refractivity (Wildman–Crippen MR) is 67.6 cm³/mol. The molecule has 0 saturated carbocycles. The summed E-state index contributed by atoms with van der Waals surface area (Å²) in [5.41, 5.74) is 2.82. The van der Waals surface area contributed by atoms with Crippen LogP contribution < -0.4 is 20.7 Å². The van der Waals surface area contributed by atoms with Crippen LogP contribution >= 0.6 is 0 Å². The van der Waals surface area contributed by atoms with Gasteiger partial charge in [-0.3, -0.25) is 0 Å². The van der Waals surface area contributed by atoms with Crippen molar-refractivity contribution >= 4 is 5.82 Å². The molecule has 2 aromatic rings. The summed E-state index contributed by atoms with van der Waals surface area (Å²) in [6.45, 7) is 0. The summed E-state index contributed by atoms with van der Waals surface area (Å²) in [4.78, 5) is 7.80. The van der Waals surface area contributed by atoms with E-state index in [-0.39, 0.29) is 0 Å². The zero-order chi connectivity index (χ0) is 13.7. The van der Waals surface area contributed by atoms with Gasteiger partial charge in [-0.25, -0.2) is 15.8 Å². The molecule has 0 amide bonds. The number of hydrogen-bond donors (Lipinski definition) is 2. The molecular weight excluding hydrogens is 246 g/mol. The van der Waals surface area contributed by atoms with Crippen LogP contribution in [0.5, 0.6) is 17.4 Å². The smallest absolute Gasteiger partial charge is 0.224 e. The van der Waals surface area contributed by atoms with Crippen LogP contribution in [0.3, 0.4) is 0 Å². The zero-order valence-corrected chi connectivity index (χ0v) is 10.1. The summed E-state index contributed by atoms with van der Waals surface area (Å²) < 4.78 is 10.6. The Morgan fingerprint density at radius 1 is 1.21 bits per heavy atom. The molecule has 0 spiro atoms. The molecule has 0 bridgehead atoms. The molecule has 0 aliphatic heterocycles. The molecule has 0 aliphatic carbocycles. The first-order valence-corrected chi connectivity index (χ1v) is 5.31. The normalized spacial score (nSPS) is 9.53. The first kappa shape index (κ1) is 12.6. The molecule has 0 fully saturated rings. The summed E-state index contributed by atoms with van der Waals surface area (Å²) in [5.74, 6) is 6.94. The van der Waals surface area contributed by atoms with Crippen molar-refractivity contribution in [3.63, 3.8) is 0 Å². The average molecular weight is 257 g/mol. The number of aromatic nitrogens is 2. The van der Waals surface area contributed by atoms with Gasteiger partial charge in [-0.05, 0) is 12.1 Å². The van der Waals surface area contributed by atoms with Gasteiger partial charge in [0, 0.05) is 12.1 Å². The highest BCUT2D eigenvalue weighted by Gasteiger charge is 2.05. The number of hydrazine groups is 1. The van der Waals surface area contributed by atoms with E-state index >= 15 is 0 Å². The molecule has 7 heteroatoms. The molecule has 96 valence electrons. The number of methoxy groups -OCH3 is 1. The summed E-state index contributed by atoms with van der Waals surface area (Å²) >= 11 is 0. The van der Waals surface area contributed by atoms with Crippen molar-refractivity contribution in [3.05, 3.63) is 36.2 Å². The monoisotopic (exact) mass is 257 g/mol. The molecule has 2 rings (SSSR count). The summed E-state index contributed by atoms with van der Waals surface area (Å²) in [6, 6.07) is 8.40. The van der Waals surface area contributed by atoms with Crippen molar-refractivity contribution in [1.29, 1.82) is 5.26 Å². The van der Waals surface area contributed by atoms with Crippen LogP contribution in [-0.4, -0.2) is 17.1 Å². The molecular formula is C12H11N5O2. The zero-order valence-electron chi connectivity index (χ0n) is 10.1. The Morgan fingerprint density at radius 2 is 2.00 bits per heavy atom. The quantitative estimate of drug-likeness (QED) is 0.630. The maximum atomic E-state index is 8.92. The van der Waals surface area contributed by atoms with E-state index in [2.05, 4.69) is 15.4 Å². The fourth-order valence-electron chi connectivity index (χ4n) is 1.41. The largest absolute Gasteiger partial charge is 0.497 e. The van der Waals surface area contributed by atoms with Crippen LogP contribution in [0.1, 0.15) is 5.56 Å². The minimum Gasteiger partial charge on any atom is -0.497 e. The van der Waals surface area contributed by atoms with Crippen molar-refractivity contribution in [1.82, 2.24) is 9.97 Å². The van der Waals surface area contributed by atoms with Crippen molar-refractivity contribution in [2.75, 3.05) is 12.5 Å². The van der Waals surface area contributed by atoms with Gasteiger partial charge in [0.15, 0.2) is 0 Å². The first-order valence-electron chi connectivity index (χ1n) is 5.31. The van der Waals surface area contributed by atoms with Crippen LogP contribution in [0.25, 0.3) is 0 Å². The molecule has 0 unspecified atom stereocenters. The van der Waals surface area contributed by atoms with Gasteiger partial charge < -0.3 is 14.9 Å². The maximum absolute atomic E-state index is 8.92. The highest BCUT2D eigenvalue weighted by molar-refractivity contribution is 5.45. The lowest BCUT2D eigenvalue weighted by molar-refractivity contribution is 0.407. The van der Waals surface area contributed by atoms with Crippen LogP contribution in [0.2, 0.25) is 0 Å². The van der Waals surface area contributed by atoms with Gasteiger partial charge in [0.25, 0.3) is 0 Å². The van der Waals surface area contributed by atoms with E-state index in [1.165, 1.54) is 19.5 Å². The minimum absolute atomic E-state index is 0.306. The van der Waals surface area contributed by atoms with E-state index in [0.29, 0.717) is 28.8 Å². The van der Waals surface area contributed by atoms with Crippen LogP contribution in [0, 0.1) is 11.3 Å². The number of nitrogens with zero attached hydrogens (tertiary/aromatic N) is 3. The molecule has 0 atom stereocenters. The third-order valence-electron chi connectivity index (χ3n) is 2.26. The lowest BCUT2D eigenvalue weighted by atomic mass is 10.2. The van der Waals surface area contributed by atoms with E-state index in [9.17, 15) is 0 Å². The Hall–Kier alpha value is -2.85. The van der Waals surface area contributed by atoms with Crippen molar-refractivity contribution in [3.8, 4) is 23.4 Å². The number of nitrogens with one attached hydrogen (secondary N) is 1. The highest BCUT2D eigenvalue weighted by Crippen LogP contribution is 2.26. The predicted octanol–water partition coefficient (Wildman–Crippen LogP) is 1.43. The second-order valence-electron chi connectivity index (χ2n) is 3.50. The number of nitriles is 1. The van der Waals surface area contributed by atoms with Crippen molar-refractivity contribution in [2.24, 2.45) is 5.84 Å². The third kappa shape index (κ3) is 3.08. The van der Waals surface area contributed by atoms with Crippen molar-refractivity contribution in [2.45, 2.75) is 0 Å². The minimum atomic E-state index is 0.306. The van der Waals surface area contributed by atoms with Crippen LogP contribution in [0.15, 0.2) is 30.6 Å².